The van der Waals surface area contributed by atoms with E-state index in [2.05, 4.69) is 16.0 Å². The Labute approximate surface area is 108 Å². The van der Waals surface area contributed by atoms with E-state index in [9.17, 15) is 4.79 Å². The molecule has 18 heavy (non-hydrogen) atoms. The fourth-order valence-electron chi connectivity index (χ4n) is 2.13. The van der Waals surface area contributed by atoms with Crippen LogP contribution in [-0.4, -0.2) is 28.3 Å². The van der Waals surface area contributed by atoms with E-state index in [4.69, 9.17) is 5.26 Å². The Kier molecular flexibility index (Phi) is 2.76. The predicted molar refractivity (Wildman–Crippen MR) is 69.1 cm³/mol. The molecule has 0 atom stereocenters. The molecule has 0 N–H and O–H groups in total. The monoisotopic (exact) mass is 260 g/mol. The first-order valence-corrected chi connectivity index (χ1v) is 6.77. The van der Waals surface area contributed by atoms with Gasteiger partial charge in [-0.1, -0.05) is 0 Å². The third kappa shape index (κ3) is 1.77. The molecule has 92 valence electrons. The van der Waals surface area contributed by atoms with Crippen LogP contribution in [0.25, 0.3) is 4.96 Å². The van der Waals surface area contributed by atoms with Gasteiger partial charge >= 0.3 is 0 Å². The van der Waals surface area contributed by atoms with Gasteiger partial charge in [-0.05, 0) is 12.8 Å². The van der Waals surface area contributed by atoms with Crippen molar-refractivity contribution in [2.75, 3.05) is 11.4 Å². The largest absolute Gasteiger partial charge is 0.351 e. The van der Waals surface area contributed by atoms with Gasteiger partial charge in [0.1, 0.15) is 5.69 Å². The second-order valence-electron chi connectivity index (χ2n) is 4.33. The fourth-order valence-corrected chi connectivity index (χ4v) is 2.85. The summed E-state index contributed by atoms with van der Waals surface area (Å²) in [6, 6.07) is 2.60. The molecule has 1 fully saturated rings. The van der Waals surface area contributed by atoms with Crippen molar-refractivity contribution in [1.82, 2.24) is 9.38 Å². The summed E-state index contributed by atoms with van der Waals surface area (Å²) in [7, 11) is 0. The molecule has 1 aliphatic rings. The lowest BCUT2D eigenvalue weighted by atomic mass is 10.3. The van der Waals surface area contributed by atoms with Gasteiger partial charge in [0.25, 0.3) is 0 Å². The Hall–Kier alpha value is -1.87. The van der Waals surface area contributed by atoms with Crippen molar-refractivity contribution in [2.24, 2.45) is 0 Å². The molecule has 3 rings (SSSR count). The highest BCUT2D eigenvalue weighted by Gasteiger charge is 2.32. The summed E-state index contributed by atoms with van der Waals surface area (Å²) in [5, 5.41) is 10.6. The molecule has 0 bridgehead atoms. The molecule has 1 aliphatic carbocycles. The summed E-state index contributed by atoms with van der Waals surface area (Å²) in [4.78, 5) is 18.7. The van der Waals surface area contributed by atoms with Crippen LogP contribution in [0.4, 0.5) is 5.82 Å². The standard InChI is InChI=1S/C12H12N4OS/c13-4-1-5-15(9-2-3-9)11-10(8-17)16-6-7-18-12(16)14-11/h6-9H,1-3,5H2. The van der Waals surface area contributed by atoms with Crippen molar-refractivity contribution in [3.05, 3.63) is 17.3 Å². The number of aldehydes is 1. The molecule has 0 unspecified atom stereocenters. The van der Waals surface area contributed by atoms with E-state index in [0.717, 1.165) is 29.9 Å². The summed E-state index contributed by atoms with van der Waals surface area (Å²) in [5.74, 6) is 0.731. The van der Waals surface area contributed by atoms with Gasteiger partial charge in [0.2, 0.25) is 0 Å². The van der Waals surface area contributed by atoms with Crippen molar-refractivity contribution in [3.8, 4) is 6.07 Å². The topological polar surface area (TPSA) is 61.4 Å². The van der Waals surface area contributed by atoms with Crippen LogP contribution in [0.3, 0.4) is 0 Å². The molecule has 0 radical (unpaired) electrons. The summed E-state index contributed by atoms with van der Waals surface area (Å²) in [6.45, 7) is 0.646. The Morgan fingerprint density at radius 3 is 3.17 bits per heavy atom. The summed E-state index contributed by atoms with van der Waals surface area (Å²) in [6.07, 6.45) is 5.41. The number of nitriles is 1. The molecular formula is C12H12N4OS. The molecule has 0 amide bonds. The smallest absolute Gasteiger partial charge is 0.196 e. The van der Waals surface area contributed by atoms with Gasteiger partial charge in [-0.25, -0.2) is 4.98 Å². The van der Waals surface area contributed by atoms with Crippen LogP contribution < -0.4 is 4.90 Å². The highest BCUT2D eigenvalue weighted by molar-refractivity contribution is 7.15. The average molecular weight is 260 g/mol. The molecule has 2 heterocycles. The minimum Gasteiger partial charge on any atom is -0.351 e. The first kappa shape index (κ1) is 11.2. The van der Waals surface area contributed by atoms with E-state index in [-0.39, 0.29) is 0 Å². The maximum absolute atomic E-state index is 11.3. The van der Waals surface area contributed by atoms with E-state index >= 15 is 0 Å². The maximum atomic E-state index is 11.3. The number of carbonyl (C=O) groups excluding carboxylic acids is 1. The van der Waals surface area contributed by atoms with Gasteiger partial charge in [-0.2, -0.15) is 5.26 Å². The van der Waals surface area contributed by atoms with Crippen LogP contribution in [0.1, 0.15) is 29.8 Å². The van der Waals surface area contributed by atoms with Gasteiger partial charge in [0.05, 0.1) is 12.5 Å². The predicted octanol–water partition coefficient (Wildman–Crippen LogP) is 2.09. The molecule has 0 spiro atoms. The van der Waals surface area contributed by atoms with Crippen LogP contribution in [0.2, 0.25) is 0 Å². The first-order chi connectivity index (χ1) is 8.85. The number of hydrogen-bond acceptors (Lipinski definition) is 5. The normalized spacial score (nSPS) is 14.6. The zero-order chi connectivity index (χ0) is 12.5. The Bertz CT molecular complexity index is 620. The van der Waals surface area contributed by atoms with Gasteiger partial charge in [-0.15, -0.1) is 11.3 Å². The number of rotatable bonds is 5. The average Bonchev–Trinajstić information content (AvgIpc) is 3.00. The number of anilines is 1. The fraction of sp³-hybridized carbons (Fsp3) is 0.417. The van der Waals surface area contributed by atoms with E-state index in [1.54, 1.807) is 0 Å². The Morgan fingerprint density at radius 1 is 1.67 bits per heavy atom. The lowest BCUT2D eigenvalue weighted by Crippen LogP contribution is -2.28. The zero-order valence-corrected chi connectivity index (χ0v) is 10.6. The summed E-state index contributed by atoms with van der Waals surface area (Å²) in [5.41, 5.74) is 0.594. The lowest BCUT2D eigenvalue weighted by molar-refractivity contribution is 0.111. The number of fused-ring (bicyclic) bond motifs is 1. The van der Waals surface area contributed by atoms with Gasteiger partial charge in [-0.3, -0.25) is 9.20 Å². The second-order valence-corrected chi connectivity index (χ2v) is 5.20. The SMILES string of the molecule is N#CCCN(c1nc2sccn2c1C=O)C1CC1. The van der Waals surface area contributed by atoms with Crippen LogP contribution in [0.5, 0.6) is 0 Å². The molecule has 0 aromatic carbocycles. The van der Waals surface area contributed by atoms with Crippen molar-refractivity contribution < 1.29 is 4.79 Å². The quantitative estimate of drug-likeness (QED) is 0.772. The molecule has 1 saturated carbocycles. The van der Waals surface area contributed by atoms with Crippen molar-refractivity contribution in [1.29, 1.82) is 5.26 Å². The van der Waals surface area contributed by atoms with Crippen molar-refractivity contribution in [2.45, 2.75) is 25.3 Å². The third-order valence-corrected chi connectivity index (χ3v) is 3.87. The minimum absolute atomic E-state index is 0.446. The van der Waals surface area contributed by atoms with Crippen LogP contribution in [0.15, 0.2) is 11.6 Å². The second kappa shape index (κ2) is 4.42. The van der Waals surface area contributed by atoms with Crippen LogP contribution >= 0.6 is 11.3 Å². The number of thiazole rings is 1. The van der Waals surface area contributed by atoms with Gasteiger partial charge < -0.3 is 4.90 Å². The Balaban J connectivity index is 2.02. The Morgan fingerprint density at radius 2 is 2.50 bits per heavy atom. The number of nitrogens with zero attached hydrogens (tertiary/aromatic N) is 4. The first-order valence-electron chi connectivity index (χ1n) is 5.89. The molecular weight excluding hydrogens is 248 g/mol. The van der Waals surface area contributed by atoms with Crippen LogP contribution in [0, 0.1) is 11.3 Å². The van der Waals surface area contributed by atoms with Crippen molar-refractivity contribution in [3.63, 3.8) is 0 Å². The van der Waals surface area contributed by atoms with Gasteiger partial charge in [0, 0.05) is 24.2 Å². The number of aromatic nitrogens is 2. The van der Waals surface area contributed by atoms with Crippen molar-refractivity contribution >= 4 is 28.4 Å². The van der Waals surface area contributed by atoms with E-state index in [0.29, 0.717) is 24.7 Å². The number of imidazole rings is 1. The van der Waals surface area contributed by atoms with Gasteiger partial charge in [0.15, 0.2) is 17.1 Å². The van der Waals surface area contributed by atoms with Crippen LogP contribution in [-0.2, 0) is 0 Å². The third-order valence-electron chi connectivity index (χ3n) is 3.12. The zero-order valence-electron chi connectivity index (χ0n) is 9.74. The molecule has 6 heteroatoms. The molecule has 0 saturated heterocycles. The number of hydrogen-bond donors (Lipinski definition) is 0. The molecule has 2 aromatic heterocycles. The highest BCUT2D eigenvalue weighted by Crippen LogP contribution is 2.33. The number of carbonyl (C=O) groups is 1. The molecule has 5 nitrogen and oxygen atoms in total. The maximum Gasteiger partial charge on any atom is 0.196 e. The van der Waals surface area contributed by atoms with E-state index < -0.39 is 0 Å². The molecule has 2 aromatic rings. The van der Waals surface area contributed by atoms with E-state index in [1.807, 2.05) is 16.0 Å². The minimum atomic E-state index is 0.446. The summed E-state index contributed by atoms with van der Waals surface area (Å²) >= 11 is 1.51. The van der Waals surface area contributed by atoms with E-state index in [1.165, 1.54) is 11.3 Å². The lowest BCUT2D eigenvalue weighted by Gasteiger charge is -2.21. The highest BCUT2D eigenvalue weighted by atomic mass is 32.1. The summed E-state index contributed by atoms with van der Waals surface area (Å²) < 4.78 is 1.81. The molecule has 0 aliphatic heterocycles.